The Hall–Kier alpha value is -2.86. The van der Waals surface area contributed by atoms with E-state index in [4.69, 9.17) is 15.2 Å². The number of benzene rings is 2. The fraction of sp³-hybridized carbons (Fsp3) is 0.333. The Morgan fingerprint density at radius 3 is 2.33 bits per heavy atom. The molecule has 2 amide bonds. The maximum Gasteiger partial charge on any atom is 0.255 e. The number of carbonyl (C=O) groups is 2. The molecular weight excluding hydrogens is 344 g/mol. The molecule has 6 heteroatoms. The molecule has 0 aromatic heterocycles. The largest absolute Gasteiger partial charge is 0.494 e. The van der Waals surface area contributed by atoms with Crippen molar-refractivity contribution in [2.45, 2.75) is 27.4 Å². The topological polar surface area (TPSA) is 90.6 Å². The van der Waals surface area contributed by atoms with Gasteiger partial charge in [0, 0.05) is 29.0 Å². The van der Waals surface area contributed by atoms with Crippen molar-refractivity contribution in [2.75, 3.05) is 18.5 Å². The molecule has 0 radical (unpaired) electrons. The second kappa shape index (κ2) is 9.73. The van der Waals surface area contributed by atoms with E-state index in [1.54, 1.807) is 42.5 Å². The molecule has 3 N–H and O–H groups in total. The molecule has 0 aliphatic heterocycles. The van der Waals surface area contributed by atoms with E-state index in [1.165, 1.54) is 0 Å². The highest BCUT2D eigenvalue weighted by atomic mass is 16.5. The van der Waals surface area contributed by atoms with Crippen LogP contribution < -0.4 is 15.8 Å². The number of nitrogens with two attached hydrogens (primary N) is 1. The van der Waals surface area contributed by atoms with Gasteiger partial charge in [-0.3, -0.25) is 9.59 Å². The highest BCUT2D eigenvalue weighted by Gasteiger charge is 2.12. The molecule has 27 heavy (non-hydrogen) atoms. The van der Waals surface area contributed by atoms with Crippen molar-refractivity contribution in [2.24, 2.45) is 11.7 Å². The van der Waals surface area contributed by atoms with Crippen molar-refractivity contribution in [1.82, 2.24) is 0 Å². The summed E-state index contributed by atoms with van der Waals surface area (Å²) in [4.78, 5) is 23.7. The first kappa shape index (κ1) is 20.5. The summed E-state index contributed by atoms with van der Waals surface area (Å²) in [6, 6.07) is 11.7. The molecule has 0 fully saturated rings. The monoisotopic (exact) mass is 370 g/mol. The molecule has 0 bridgehead atoms. The summed E-state index contributed by atoms with van der Waals surface area (Å²) < 4.78 is 11.3. The summed E-state index contributed by atoms with van der Waals surface area (Å²) in [7, 11) is 0. The third-order valence-corrected chi connectivity index (χ3v) is 3.76. The first-order valence-electron chi connectivity index (χ1n) is 8.95. The smallest absolute Gasteiger partial charge is 0.255 e. The van der Waals surface area contributed by atoms with Crippen molar-refractivity contribution in [3.05, 3.63) is 59.2 Å². The predicted molar refractivity (Wildman–Crippen MR) is 105 cm³/mol. The molecule has 0 saturated heterocycles. The number of primary amides is 1. The second-order valence-corrected chi connectivity index (χ2v) is 6.56. The molecule has 6 nitrogen and oxygen atoms in total. The van der Waals surface area contributed by atoms with E-state index in [9.17, 15) is 9.59 Å². The quantitative estimate of drug-likeness (QED) is 0.705. The summed E-state index contributed by atoms with van der Waals surface area (Å²) in [6.07, 6.45) is 0. The highest BCUT2D eigenvalue weighted by molar-refractivity contribution is 6.04. The molecule has 0 unspecified atom stereocenters. The molecule has 0 aliphatic rings. The molecule has 0 heterocycles. The van der Waals surface area contributed by atoms with Crippen LogP contribution in [0.5, 0.6) is 5.75 Å². The van der Waals surface area contributed by atoms with Crippen LogP contribution in [0.2, 0.25) is 0 Å². The average Bonchev–Trinajstić information content (AvgIpc) is 2.63. The van der Waals surface area contributed by atoms with Gasteiger partial charge >= 0.3 is 0 Å². The van der Waals surface area contributed by atoms with Crippen LogP contribution in [-0.4, -0.2) is 25.0 Å². The van der Waals surface area contributed by atoms with Crippen LogP contribution in [0.15, 0.2) is 42.5 Å². The molecule has 0 spiro atoms. The van der Waals surface area contributed by atoms with Gasteiger partial charge in [-0.2, -0.15) is 0 Å². The van der Waals surface area contributed by atoms with Crippen LogP contribution in [0.25, 0.3) is 0 Å². The van der Waals surface area contributed by atoms with Gasteiger partial charge in [0.25, 0.3) is 5.91 Å². The standard InChI is InChI=1S/C21H26N2O4/c1-4-27-19-10-7-16(11-17(19)13-26-12-14(2)3)21(25)23-18-8-5-15(6-9-18)20(22)24/h5-11,14H,4,12-13H2,1-3H3,(H2,22,24)(H,23,25). The molecule has 144 valence electrons. The number of nitrogens with one attached hydrogen (secondary N) is 1. The second-order valence-electron chi connectivity index (χ2n) is 6.56. The van der Waals surface area contributed by atoms with Gasteiger partial charge < -0.3 is 20.5 Å². The van der Waals surface area contributed by atoms with Gasteiger partial charge in [0.05, 0.1) is 13.2 Å². The minimum absolute atomic E-state index is 0.255. The number of rotatable bonds is 9. The Morgan fingerprint density at radius 1 is 1.07 bits per heavy atom. The number of carbonyl (C=O) groups excluding carboxylic acids is 2. The van der Waals surface area contributed by atoms with Crippen LogP contribution in [-0.2, 0) is 11.3 Å². The van der Waals surface area contributed by atoms with Crippen LogP contribution in [0.3, 0.4) is 0 Å². The lowest BCUT2D eigenvalue weighted by molar-refractivity contribution is 0.0948. The Labute approximate surface area is 159 Å². The minimum atomic E-state index is -0.509. The molecule has 2 rings (SSSR count). The average molecular weight is 370 g/mol. The van der Waals surface area contributed by atoms with Crippen molar-refractivity contribution in [3.63, 3.8) is 0 Å². The van der Waals surface area contributed by atoms with E-state index in [2.05, 4.69) is 19.2 Å². The highest BCUT2D eigenvalue weighted by Crippen LogP contribution is 2.22. The molecule has 2 aromatic carbocycles. The van der Waals surface area contributed by atoms with E-state index >= 15 is 0 Å². The van der Waals surface area contributed by atoms with E-state index in [0.717, 1.165) is 5.56 Å². The Bertz CT molecular complexity index is 785. The lowest BCUT2D eigenvalue weighted by atomic mass is 10.1. The van der Waals surface area contributed by atoms with Gasteiger partial charge in [-0.1, -0.05) is 13.8 Å². The van der Waals surface area contributed by atoms with Crippen molar-refractivity contribution < 1.29 is 19.1 Å². The fourth-order valence-corrected chi connectivity index (χ4v) is 2.46. The van der Waals surface area contributed by atoms with Crippen LogP contribution >= 0.6 is 0 Å². The Balaban J connectivity index is 2.13. The minimum Gasteiger partial charge on any atom is -0.494 e. The van der Waals surface area contributed by atoms with Crippen LogP contribution in [0, 0.1) is 5.92 Å². The zero-order chi connectivity index (χ0) is 19.8. The summed E-state index contributed by atoms with van der Waals surface area (Å²) in [6.45, 7) is 7.62. The summed E-state index contributed by atoms with van der Waals surface area (Å²) >= 11 is 0. The van der Waals surface area contributed by atoms with Gasteiger partial charge in [-0.05, 0) is 55.3 Å². The maximum absolute atomic E-state index is 12.6. The summed E-state index contributed by atoms with van der Waals surface area (Å²) in [5, 5.41) is 2.80. The van der Waals surface area contributed by atoms with Gasteiger partial charge in [0.1, 0.15) is 5.75 Å². The number of amides is 2. The van der Waals surface area contributed by atoms with Crippen molar-refractivity contribution in [1.29, 1.82) is 0 Å². The first-order valence-corrected chi connectivity index (χ1v) is 8.95. The van der Waals surface area contributed by atoms with E-state index in [1.807, 2.05) is 6.92 Å². The summed E-state index contributed by atoms with van der Waals surface area (Å²) in [5.74, 6) is 0.374. The summed E-state index contributed by atoms with van der Waals surface area (Å²) in [5.41, 5.74) is 7.52. The molecular formula is C21H26N2O4. The number of ether oxygens (including phenoxy) is 2. The Kier molecular flexibility index (Phi) is 7.37. The molecule has 0 saturated carbocycles. The van der Waals surface area contributed by atoms with Crippen LogP contribution in [0.4, 0.5) is 5.69 Å². The van der Waals surface area contributed by atoms with E-state index < -0.39 is 5.91 Å². The predicted octanol–water partition coefficient (Wildman–Crippen LogP) is 3.61. The molecule has 0 atom stereocenters. The zero-order valence-corrected chi connectivity index (χ0v) is 16.0. The van der Waals surface area contributed by atoms with Gasteiger partial charge in [-0.25, -0.2) is 0 Å². The van der Waals surface area contributed by atoms with Gasteiger partial charge in [0.2, 0.25) is 5.91 Å². The van der Waals surface area contributed by atoms with E-state index in [-0.39, 0.29) is 5.91 Å². The molecule has 2 aromatic rings. The Morgan fingerprint density at radius 2 is 1.74 bits per heavy atom. The SMILES string of the molecule is CCOc1ccc(C(=O)Nc2ccc(C(N)=O)cc2)cc1COCC(C)C. The maximum atomic E-state index is 12.6. The third kappa shape index (κ3) is 6.11. The fourth-order valence-electron chi connectivity index (χ4n) is 2.46. The van der Waals surface area contributed by atoms with Gasteiger partial charge in [-0.15, -0.1) is 0 Å². The number of hydrogen-bond acceptors (Lipinski definition) is 4. The van der Waals surface area contributed by atoms with Crippen molar-refractivity contribution in [3.8, 4) is 5.75 Å². The lowest BCUT2D eigenvalue weighted by Crippen LogP contribution is -2.14. The van der Waals surface area contributed by atoms with Crippen LogP contribution in [0.1, 0.15) is 47.1 Å². The normalized spacial score (nSPS) is 10.7. The zero-order valence-electron chi connectivity index (χ0n) is 16.0. The van der Waals surface area contributed by atoms with E-state index in [0.29, 0.717) is 48.3 Å². The number of anilines is 1. The first-order chi connectivity index (χ1) is 12.9. The lowest BCUT2D eigenvalue weighted by Gasteiger charge is -2.14. The number of hydrogen-bond donors (Lipinski definition) is 2. The van der Waals surface area contributed by atoms with Crippen molar-refractivity contribution >= 4 is 17.5 Å². The van der Waals surface area contributed by atoms with Gasteiger partial charge in [0.15, 0.2) is 0 Å². The molecule has 0 aliphatic carbocycles. The third-order valence-electron chi connectivity index (χ3n) is 3.76.